The van der Waals surface area contributed by atoms with Crippen molar-refractivity contribution in [1.82, 2.24) is 4.90 Å². The maximum absolute atomic E-state index is 13.4. The first-order valence-corrected chi connectivity index (χ1v) is 7.32. The predicted molar refractivity (Wildman–Crippen MR) is 79.7 cm³/mol. The lowest BCUT2D eigenvalue weighted by molar-refractivity contribution is 0.197. The van der Waals surface area contributed by atoms with Gasteiger partial charge in [0.2, 0.25) is 0 Å². The molecule has 0 spiro atoms. The van der Waals surface area contributed by atoms with Gasteiger partial charge in [0.25, 0.3) is 0 Å². The molecule has 0 aliphatic carbocycles. The van der Waals surface area contributed by atoms with Crippen molar-refractivity contribution in [1.29, 1.82) is 0 Å². The van der Waals surface area contributed by atoms with Crippen LogP contribution in [0.2, 0.25) is 10.0 Å². The second kappa shape index (κ2) is 6.29. The van der Waals surface area contributed by atoms with Crippen LogP contribution in [0.25, 0.3) is 0 Å². The Morgan fingerprint density at radius 2 is 2.00 bits per heavy atom. The number of hydrogen-bond acceptors (Lipinski definition) is 2. The molecule has 1 aromatic carbocycles. The van der Waals surface area contributed by atoms with Crippen LogP contribution in [0.4, 0.5) is 10.1 Å². The van der Waals surface area contributed by atoms with Gasteiger partial charge < -0.3 is 10.2 Å². The van der Waals surface area contributed by atoms with E-state index in [-0.39, 0.29) is 10.0 Å². The minimum Gasteiger partial charge on any atom is -0.382 e. The molecule has 106 valence electrons. The summed E-state index contributed by atoms with van der Waals surface area (Å²) in [6.07, 6.45) is 2.43. The molecule has 19 heavy (non-hydrogen) atoms. The molecule has 0 saturated carbocycles. The molecule has 2 atom stereocenters. The first-order chi connectivity index (χ1) is 8.97. The molecule has 1 heterocycles. The third kappa shape index (κ3) is 3.74. The average molecular weight is 305 g/mol. The summed E-state index contributed by atoms with van der Waals surface area (Å²) >= 11 is 11.6. The number of anilines is 1. The Balaban J connectivity index is 2.04. The molecule has 2 rings (SSSR count). The van der Waals surface area contributed by atoms with Crippen LogP contribution in [0.15, 0.2) is 12.1 Å². The quantitative estimate of drug-likeness (QED) is 0.839. The summed E-state index contributed by atoms with van der Waals surface area (Å²) in [6.45, 7) is 4.39. The average Bonchev–Trinajstić information content (AvgIpc) is 2.36. The smallest absolute Gasteiger partial charge is 0.160 e. The summed E-state index contributed by atoms with van der Waals surface area (Å²) in [4.78, 5) is 2.34. The normalized spacial score (nSPS) is 22.3. The summed E-state index contributed by atoms with van der Waals surface area (Å²) < 4.78 is 13.4. The maximum Gasteiger partial charge on any atom is 0.160 e. The van der Waals surface area contributed by atoms with E-state index in [0.717, 1.165) is 18.8 Å². The summed E-state index contributed by atoms with van der Waals surface area (Å²) in [5.74, 6) is 0.0280. The number of hydrogen-bond donors (Lipinski definition) is 1. The largest absolute Gasteiger partial charge is 0.382 e. The zero-order valence-electron chi connectivity index (χ0n) is 11.2. The molecule has 2 nitrogen and oxygen atoms in total. The highest BCUT2D eigenvalue weighted by molar-refractivity contribution is 6.35. The zero-order chi connectivity index (χ0) is 14.0. The topological polar surface area (TPSA) is 15.3 Å². The molecular weight excluding hydrogens is 286 g/mol. The van der Waals surface area contributed by atoms with Crippen LogP contribution in [0.3, 0.4) is 0 Å². The molecule has 0 radical (unpaired) electrons. The van der Waals surface area contributed by atoms with Crippen molar-refractivity contribution < 1.29 is 4.39 Å². The predicted octanol–water partition coefficient (Wildman–Crippen LogP) is 4.27. The van der Waals surface area contributed by atoms with E-state index >= 15 is 0 Å². The summed E-state index contributed by atoms with van der Waals surface area (Å²) in [6, 6.07) is 3.48. The van der Waals surface area contributed by atoms with Gasteiger partial charge in [-0.3, -0.25) is 0 Å². The monoisotopic (exact) mass is 304 g/mol. The minimum atomic E-state index is -0.557. The number of piperidine rings is 1. The second-order valence-electron chi connectivity index (χ2n) is 5.35. The molecular formula is C14H19Cl2FN2. The Bertz CT molecular complexity index is 430. The number of halogens is 3. The number of nitrogens with zero attached hydrogens (tertiary/aromatic N) is 1. The van der Waals surface area contributed by atoms with Gasteiger partial charge in [0, 0.05) is 18.3 Å². The van der Waals surface area contributed by atoms with Gasteiger partial charge in [-0.15, -0.1) is 0 Å². The lowest BCUT2D eigenvalue weighted by Gasteiger charge is -2.34. The number of rotatable bonds is 3. The Morgan fingerprint density at radius 1 is 1.37 bits per heavy atom. The van der Waals surface area contributed by atoms with E-state index in [1.165, 1.54) is 12.8 Å². The van der Waals surface area contributed by atoms with Gasteiger partial charge in [-0.2, -0.15) is 0 Å². The highest BCUT2D eigenvalue weighted by Gasteiger charge is 2.23. The molecule has 2 unspecified atom stereocenters. The highest BCUT2D eigenvalue weighted by Crippen LogP contribution is 2.29. The lowest BCUT2D eigenvalue weighted by Crippen LogP contribution is -2.39. The van der Waals surface area contributed by atoms with E-state index < -0.39 is 5.82 Å². The molecule has 5 heteroatoms. The van der Waals surface area contributed by atoms with Crippen LogP contribution in [-0.2, 0) is 0 Å². The van der Waals surface area contributed by atoms with E-state index in [2.05, 4.69) is 24.2 Å². The maximum atomic E-state index is 13.4. The standard InChI is InChI=1S/C14H19Cl2FN2/c1-9(10-4-3-5-19(2)8-10)18-11-6-12(15)14(17)13(16)7-11/h6-7,9-10,18H,3-5,8H2,1-2H3. The molecule has 1 aliphatic heterocycles. The van der Waals surface area contributed by atoms with Crippen molar-refractivity contribution in [3.63, 3.8) is 0 Å². The van der Waals surface area contributed by atoms with Crippen LogP contribution in [0, 0.1) is 11.7 Å². The molecule has 1 saturated heterocycles. The molecule has 0 aromatic heterocycles. The first-order valence-electron chi connectivity index (χ1n) is 6.57. The van der Waals surface area contributed by atoms with Crippen molar-refractivity contribution in [2.45, 2.75) is 25.8 Å². The van der Waals surface area contributed by atoms with Gasteiger partial charge in [0.05, 0.1) is 10.0 Å². The first kappa shape index (κ1) is 14.9. The number of nitrogens with one attached hydrogen (secondary N) is 1. The Kier molecular flexibility index (Phi) is 4.93. The van der Waals surface area contributed by atoms with Gasteiger partial charge in [-0.25, -0.2) is 4.39 Å². The van der Waals surface area contributed by atoms with Gasteiger partial charge in [-0.05, 0) is 51.4 Å². The van der Waals surface area contributed by atoms with Crippen LogP contribution >= 0.6 is 23.2 Å². The van der Waals surface area contributed by atoms with E-state index in [0.29, 0.717) is 12.0 Å². The van der Waals surface area contributed by atoms with Crippen LogP contribution in [0.1, 0.15) is 19.8 Å². The van der Waals surface area contributed by atoms with E-state index in [4.69, 9.17) is 23.2 Å². The Hall–Kier alpha value is -0.510. The lowest BCUT2D eigenvalue weighted by atomic mass is 9.92. The molecule has 1 aliphatic rings. The number of benzene rings is 1. The zero-order valence-corrected chi connectivity index (χ0v) is 12.7. The molecule has 1 fully saturated rings. The molecule has 1 aromatic rings. The number of likely N-dealkylation sites (tertiary alicyclic amines) is 1. The van der Waals surface area contributed by atoms with Crippen molar-refractivity contribution in [3.8, 4) is 0 Å². The molecule has 0 bridgehead atoms. The highest BCUT2D eigenvalue weighted by atomic mass is 35.5. The van der Waals surface area contributed by atoms with Gasteiger partial charge >= 0.3 is 0 Å². The van der Waals surface area contributed by atoms with E-state index in [1.54, 1.807) is 12.1 Å². The molecule has 0 amide bonds. The fraction of sp³-hybridized carbons (Fsp3) is 0.571. The third-order valence-electron chi connectivity index (χ3n) is 3.75. The van der Waals surface area contributed by atoms with Gasteiger partial charge in [0.15, 0.2) is 5.82 Å². The summed E-state index contributed by atoms with van der Waals surface area (Å²) in [5, 5.41) is 3.50. The van der Waals surface area contributed by atoms with Gasteiger partial charge in [-0.1, -0.05) is 23.2 Å². The second-order valence-corrected chi connectivity index (χ2v) is 6.17. The van der Waals surface area contributed by atoms with Crippen molar-refractivity contribution in [2.24, 2.45) is 5.92 Å². The fourth-order valence-corrected chi connectivity index (χ4v) is 3.12. The van der Waals surface area contributed by atoms with Crippen molar-refractivity contribution >= 4 is 28.9 Å². The Morgan fingerprint density at radius 3 is 2.58 bits per heavy atom. The summed E-state index contributed by atoms with van der Waals surface area (Å²) in [5.41, 5.74) is 0.775. The summed E-state index contributed by atoms with van der Waals surface area (Å²) in [7, 11) is 2.14. The van der Waals surface area contributed by atoms with Crippen LogP contribution in [-0.4, -0.2) is 31.1 Å². The SMILES string of the molecule is CC(Nc1cc(Cl)c(F)c(Cl)c1)C1CCCN(C)C1. The van der Waals surface area contributed by atoms with Crippen LogP contribution in [0.5, 0.6) is 0 Å². The molecule has 1 N–H and O–H groups in total. The van der Waals surface area contributed by atoms with Gasteiger partial charge in [0.1, 0.15) is 0 Å². The fourth-order valence-electron chi connectivity index (χ4n) is 2.63. The Labute approximate surface area is 123 Å². The van der Waals surface area contributed by atoms with Crippen LogP contribution < -0.4 is 5.32 Å². The minimum absolute atomic E-state index is 0.0583. The van der Waals surface area contributed by atoms with Crippen molar-refractivity contribution in [3.05, 3.63) is 28.0 Å². The van der Waals surface area contributed by atoms with E-state index in [1.807, 2.05) is 0 Å². The van der Waals surface area contributed by atoms with Crippen molar-refractivity contribution in [2.75, 3.05) is 25.5 Å². The third-order valence-corrected chi connectivity index (χ3v) is 4.30. The van der Waals surface area contributed by atoms with E-state index in [9.17, 15) is 4.39 Å².